The SMILES string of the molecule is Cc1cc(C=O)ccc1Nc1cc2nc[nH]c2cn1. The summed E-state index contributed by atoms with van der Waals surface area (Å²) in [5.41, 5.74) is 4.35. The molecular formula is C14H12N4O. The summed E-state index contributed by atoms with van der Waals surface area (Å²) in [6.07, 6.45) is 4.21. The second-order valence-corrected chi connectivity index (χ2v) is 4.31. The highest BCUT2D eigenvalue weighted by Crippen LogP contribution is 2.21. The molecular weight excluding hydrogens is 240 g/mol. The van der Waals surface area contributed by atoms with Crippen LogP contribution >= 0.6 is 0 Å². The van der Waals surface area contributed by atoms with E-state index in [2.05, 4.69) is 20.3 Å². The number of hydrogen-bond acceptors (Lipinski definition) is 4. The zero-order chi connectivity index (χ0) is 13.2. The Hall–Kier alpha value is -2.69. The highest BCUT2D eigenvalue weighted by Gasteiger charge is 2.03. The first-order chi connectivity index (χ1) is 9.26. The van der Waals surface area contributed by atoms with E-state index in [1.54, 1.807) is 18.6 Å². The first-order valence-electron chi connectivity index (χ1n) is 5.88. The van der Waals surface area contributed by atoms with Crippen molar-refractivity contribution in [3.8, 4) is 0 Å². The summed E-state index contributed by atoms with van der Waals surface area (Å²) in [5.74, 6) is 0.724. The predicted molar refractivity (Wildman–Crippen MR) is 73.7 cm³/mol. The van der Waals surface area contributed by atoms with Crippen molar-refractivity contribution in [1.82, 2.24) is 15.0 Å². The lowest BCUT2D eigenvalue weighted by atomic mass is 10.1. The molecule has 0 unspecified atom stereocenters. The number of aryl methyl sites for hydroxylation is 1. The van der Waals surface area contributed by atoms with Gasteiger partial charge in [0, 0.05) is 17.3 Å². The van der Waals surface area contributed by atoms with Gasteiger partial charge in [-0.3, -0.25) is 4.79 Å². The molecule has 5 nitrogen and oxygen atoms in total. The zero-order valence-corrected chi connectivity index (χ0v) is 10.3. The molecule has 0 radical (unpaired) electrons. The second kappa shape index (κ2) is 4.53. The number of aromatic nitrogens is 3. The van der Waals surface area contributed by atoms with Crippen molar-refractivity contribution in [2.45, 2.75) is 6.92 Å². The molecule has 0 amide bonds. The van der Waals surface area contributed by atoms with Crippen LogP contribution in [0.3, 0.4) is 0 Å². The Bertz CT molecular complexity index is 748. The number of anilines is 2. The lowest BCUT2D eigenvalue weighted by Crippen LogP contribution is -1.96. The quantitative estimate of drug-likeness (QED) is 0.703. The molecule has 5 heteroatoms. The Morgan fingerprint density at radius 3 is 2.95 bits per heavy atom. The highest BCUT2D eigenvalue weighted by molar-refractivity contribution is 5.79. The van der Waals surface area contributed by atoms with Gasteiger partial charge in [-0.05, 0) is 30.7 Å². The number of nitrogens with one attached hydrogen (secondary N) is 2. The van der Waals surface area contributed by atoms with E-state index >= 15 is 0 Å². The van der Waals surface area contributed by atoms with E-state index in [1.165, 1.54) is 0 Å². The van der Waals surface area contributed by atoms with Gasteiger partial charge in [-0.2, -0.15) is 0 Å². The van der Waals surface area contributed by atoms with Crippen LogP contribution in [0.15, 0.2) is 36.8 Å². The molecule has 3 rings (SSSR count). The Morgan fingerprint density at radius 2 is 2.16 bits per heavy atom. The van der Waals surface area contributed by atoms with Crippen LogP contribution in [0.25, 0.3) is 11.0 Å². The number of carbonyl (C=O) groups excluding carboxylic acids is 1. The van der Waals surface area contributed by atoms with Crippen LogP contribution in [-0.4, -0.2) is 21.2 Å². The van der Waals surface area contributed by atoms with Crippen LogP contribution in [0.4, 0.5) is 11.5 Å². The molecule has 19 heavy (non-hydrogen) atoms. The number of aromatic amines is 1. The number of H-pyrrole nitrogens is 1. The molecule has 0 spiro atoms. The Morgan fingerprint density at radius 1 is 1.26 bits per heavy atom. The molecule has 0 saturated heterocycles. The Labute approximate surface area is 109 Å². The minimum atomic E-state index is 0.666. The Balaban J connectivity index is 1.93. The van der Waals surface area contributed by atoms with E-state index in [0.29, 0.717) is 5.56 Å². The van der Waals surface area contributed by atoms with Gasteiger partial charge in [0.05, 0.1) is 23.6 Å². The molecule has 0 aliphatic carbocycles. The van der Waals surface area contributed by atoms with Crippen molar-refractivity contribution in [1.29, 1.82) is 0 Å². The fraction of sp³-hybridized carbons (Fsp3) is 0.0714. The number of hydrogen-bond donors (Lipinski definition) is 2. The fourth-order valence-electron chi connectivity index (χ4n) is 1.94. The third kappa shape index (κ3) is 2.18. The minimum absolute atomic E-state index is 0.666. The molecule has 1 aromatic carbocycles. The maximum atomic E-state index is 10.7. The number of pyridine rings is 1. The number of imidazole rings is 1. The minimum Gasteiger partial charge on any atom is -0.343 e. The van der Waals surface area contributed by atoms with E-state index < -0.39 is 0 Å². The van der Waals surface area contributed by atoms with Gasteiger partial charge in [-0.15, -0.1) is 0 Å². The number of nitrogens with zero attached hydrogens (tertiary/aromatic N) is 2. The molecule has 0 fully saturated rings. The molecule has 2 aromatic heterocycles. The summed E-state index contributed by atoms with van der Waals surface area (Å²) in [7, 11) is 0. The normalized spacial score (nSPS) is 10.6. The van der Waals surface area contributed by atoms with Gasteiger partial charge in [-0.1, -0.05) is 0 Å². The Kier molecular flexibility index (Phi) is 2.72. The summed E-state index contributed by atoms with van der Waals surface area (Å²) in [6.45, 7) is 1.95. The molecule has 2 N–H and O–H groups in total. The third-order valence-electron chi connectivity index (χ3n) is 2.96. The van der Waals surface area contributed by atoms with E-state index in [0.717, 1.165) is 34.4 Å². The van der Waals surface area contributed by atoms with Gasteiger partial charge in [0.1, 0.15) is 12.1 Å². The maximum absolute atomic E-state index is 10.7. The number of fused-ring (bicyclic) bond motifs is 1. The van der Waals surface area contributed by atoms with Crippen molar-refractivity contribution in [3.05, 3.63) is 47.9 Å². The van der Waals surface area contributed by atoms with Crippen LogP contribution < -0.4 is 5.32 Å². The van der Waals surface area contributed by atoms with Gasteiger partial charge < -0.3 is 10.3 Å². The summed E-state index contributed by atoms with van der Waals surface area (Å²) < 4.78 is 0. The molecule has 3 aromatic rings. The van der Waals surface area contributed by atoms with Crippen LogP contribution in [0.1, 0.15) is 15.9 Å². The van der Waals surface area contributed by atoms with Gasteiger partial charge in [0.2, 0.25) is 0 Å². The predicted octanol–water partition coefficient (Wildman–Crippen LogP) is 2.82. The molecule has 0 aliphatic rings. The summed E-state index contributed by atoms with van der Waals surface area (Å²) >= 11 is 0. The summed E-state index contributed by atoms with van der Waals surface area (Å²) in [5, 5.41) is 3.22. The third-order valence-corrected chi connectivity index (χ3v) is 2.96. The number of rotatable bonds is 3. The van der Waals surface area contributed by atoms with Crippen molar-refractivity contribution < 1.29 is 4.79 Å². The van der Waals surface area contributed by atoms with Crippen LogP contribution in [0.5, 0.6) is 0 Å². The average molecular weight is 252 g/mol. The second-order valence-electron chi connectivity index (χ2n) is 4.31. The van der Waals surface area contributed by atoms with Crippen LogP contribution in [0.2, 0.25) is 0 Å². The molecule has 0 bridgehead atoms. The van der Waals surface area contributed by atoms with Gasteiger partial charge in [0.25, 0.3) is 0 Å². The maximum Gasteiger partial charge on any atom is 0.150 e. The van der Waals surface area contributed by atoms with E-state index in [4.69, 9.17) is 0 Å². The lowest BCUT2D eigenvalue weighted by molar-refractivity contribution is 0.112. The topological polar surface area (TPSA) is 70.7 Å². The van der Waals surface area contributed by atoms with E-state index in [1.807, 2.05) is 25.1 Å². The van der Waals surface area contributed by atoms with Crippen molar-refractivity contribution in [2.24, 2.45) is 0 Å². The molecule has 0 aliphatic heterocycles. The fourth-order valence-corrected chi connectivity index (χ4v) is 1.94. The van der Waals surface area contributed by atoms with Crippen molar-refractivity contribution in [2.75, 3.05) is 5.32 Å². The summed E-state index contributed by atoms with van der Waals surface area (Å²) in [4.78, 5) is 22.2. The molecule has 0 atom stereocenters. The van der Waals surface area contributed by atoms with Gasteiger partial charge in [-0.25, -0.2) is 9.97 Å². The van der Waals surface area contributed by atoms with Crippen LogP contribution in [-0.2, 0) is 0 Å². The highest BCUT2D eigenvalue weighted by atomic mass is 16.1. The lowest BCUT2D eigenvalue weighted by Gasteiger charge is -2.09. The van der Waals surface area contributed by atoms with Gasteiger partial charge in [0.15, 0.2) is 0 Å². The molecule has 94 valence electrons. The molecule has 2 heterocycles. The van der Waals surface area contributed by atoms with E-state index in [9.17, 15) is 4.79 Å². The monoisotopic (exact) mass is 252 g/mol. The zero-order valence-electron chi connectivity index (χ0n) is 10.3. The smallest absolute Gasteiger partial charge is 0.150 e. The molecule has 0 saturated carbocycles. The number of carbonyl (C=O) groups is 1. The first kappa shape index (κ1) is 11.4. The van der Waals surface area contributed by atoms with Crippen LogP contribution in [0, 0.1) is 6.92 Å². The first-order valence-corrected chi connectivity index (χ1v) is 5.88. The van der Waals surface area contributed by atoms with Crippen molar-refractivity contribution in [3.63, 3.8) is 0 Å². The number of aldehydes is 1. The van der Waals surface area contributed by atoms with Crippen molar-refractivity contribution >= 4 is 28.8 Å². The van der Waals surface area contributed by atoms with E-state index in [-0.39, 0.29) is 0 Å². The average Bonchev–Trinajstić information content (AvgIpc) is 2.88. The van der Waals surface area contributed by atoms with Gasteiger partial charge >= 0.3 is 0 Å². The largest absolute Gasteiger partial charge is 0.343 e. The number of benzene rings is 1. The summed E-state index contributed by atoms with van der Waals surface area (Å²) in [6, 6.07) is 7.35. The standard InChI is InChI=1S/C14H12N4O/c1-9-4-10(7-19)2-3-11(9)18-14-5-12-13(6-15-14)17-8-16-12/h2-8H,1H3,(H,15,18)(H,16,17).